The maximum Gasteiger partial charge on any atom is 0.212 e. The quantitative estimate of drug-likeness (QED) is 0.342. The van der Waals surface area contributed by atoms with Gasteiger partial charge in [0.15, 0.2) is 0 Å². The number of nitrogens with zero attached hydrogens (tertiary/aromatic N) is 1. The van der Waals surface area contributed by atoms with Crippen LogP contribution in [-0.2, 0) is 26.8 Å². The van der Waals surface area contributed by atoms with Crippen LogP contribution in [-0.4, -0.2) is 25.3 Å². The number of hydrogen-bond acceptors (Lipinski definition) is 5. The number of thiophene rings is 1. The number of rotatable bonds is 6. The fourth-order valence-electron chi connectivity index (χ4n) is 4.73. The van der Waals surface area contributed by atoms with Crippen LogP contribution < -0.4 is 5.14 Å². The number of nitrogens with two attached hydrogens (primary N) is 1. The Morgan fingerprint density at radius 2 is 2.00 bits per heavy atom. The van der Waals surface area contributed by atoms with Crippen LogP contribution in [0.5, 0.6) is 0 Å². The van der Waals surface area contributed by atoms with Crippen LogP contribution in [0.2, 0.25) is 5.02 Å². The second-order valence-corrected chi connectivity index (χ2v) is 12.7. The predicted molar refractivity (Wildman–Crippen MR) is 137 cm³/mol. The molecule has 2 aromatic carbocycles. The van der Waals surface area contributed by atoms with Gasteiger partial charge in [0.25, 0.3) is 0 Å². The van der Waals surface area contributed by atoms with E-state index in [1.165, 1.54) is 9.58 Å². The number of primary sulfonamides is 1. The van der Waals surface area contributed by atoms with Gasteiger partial charge in [-0.3, -0.25) is 4.98 Å². The first-order valence-corrected chi connectivity index (χ1v) is 13.9. The van der Waals surface area contributed by atoms with Crippen molar-refractivity contribution in [3.05, 3.63) is 87.4 Å². The van der Waals surface area contributed by atoms with E-state index in [1.807, 2.05) is 30.5 Å². The molecule has 0 spiro atoms. The Bertz CT molecular complexity index is 1540. The lowest BCUT2D eigenvalue weighted by Crippen LogP contribution is -2.18. The molecule has 3 unspecified atom stereocenters. The lowest BCUT2D eigenvalue weighted by atomic mass is 9.99. The molecule has 2 aliphatic rings. The summed E-state index contributed by atoms with van der Waals surface area (Å²) in [5, 5.41) is 6.69. The van der Waals surface area contributed by atoms with Gasteiger partial charge in [-0.2, -0.15) is 0 Å². The summed E-state index contributed by atoms with van der Waals surface area (Å²) in [7, 11) is -3.55. The summed E-state index contributed by atoms with van der Waals surface area (Å²) < 4.78 is 30.5. The van der Waals surface area contributed by atoms with E-state index in [-0.39, 0.29) is 11.5 Å². The third-order valence-electron chi connectivity index (χ3n) is 6.88. The summed E-state index contributed by atoms with van der Waals surface area (Å²) in [4.78, 5) is 5.81. The fourth-order valence-corrected chi connectivity index (χ4v) is 7.25. The van der Waals surface area contributed by atoms with Crippen LogP contribution in [0.25, 0.3) is 21.3 Å². The molecule has 5 nitrogen and oxygen atoms in total. The van der Waals surface area contributed by atoms with E-state index < -0.39 is 15.3 Å². The summed E-state index contributed by atoms with van der Waals surface area (Å²) in [6.45, 7) is 2.83. The number of fused-ring (bicyclic) bond motifs is 1. The van der Waals surface area contributed by atoms with Gasteiger partial charge in [0.05, 0.1) is 17.6 Å². The summed E-state index contributed by atoms with van der Waals surface area (Å²) in [6, 6.07) is 18.3. The fraction of sp³-hybridized carbons (Fsp3) is 0.269. The summed E-state index contributed by atoms with van der Waals surface area (Å²) in [6.07, 6.45) is 3.03. The normalized spacial score (nSPS) is 23.9. The van der Waals surface area contributed by atoms with Gasteiger partial charge >= 0.3 is 0 Å². The lowest BCUT2D eigenvalue weighted by molar-refractivity contribution is 0.329. The SMILES string of the molecule is CC1(c2ccnc(-c3cccc4cc(Cc5c(Cl)cccc5C5CC5S(N)(=O)=O)sc34)c2)CO1. The number of ether oxygens (including phenoxy) is 1. The highest BCUT2D eigenvalue weighted by molar-refractivity contribution is 7.90. The zero-order valence-corrected chi connectivity index (χ0v) is 20.9. The van der Waals surface area contributed by atoms with Crippen molar-refractivity contribution in [3.63, 3.8) is 0 Å². The maximum atomic E-state index is 11.8. The van der Waals surface area contributed by atoms with Crippen molar-refractivity contribution < 1.29 is 13.2 Å². The molecule has 3 heterocycles. The summed E-state index contributed by atoms with van der Waals surface area (Å²) in [5.74, 6) is -0.0911. The van der Waals surface area contributed by atoms with Crippen molar-refractivity contribution in [2.24, 2.45) is 5.14 Å². The molecule has 1 aliphatic carbocycles. The molecule has 0 radical (unpaired) electrons. The van der Waals surface area contributed by atoms with E-state index in [9.17, 15) is 8.42 Å². The standard InChI is InChI=1S/C26H23ClN2O3S2/c1-26(14-32-26)16-8-9-29-23(11-16)19-6-2-4-15-10-17(33-25(15)19)12-20-18(5-3-7-22(20)27)21-13-24(21)34(28,30)31/h2-11,21,24H,12-14H2,1H3,(H2,28,30,31). The Hall–Kier alpha value is -2.29. The van der Waals surface area contributed by atoms with Crippen molar-refractivity contribution in [2.75, 3.05) is 6.61 Å². The zero-order valence-electron chi connectivity index (χ0n) is 18.5. The monoisotopic (exact) mass is 510 g/mol. The molecular formula is C26H23ClN2O3S2. The van der Waals surface area contributed by atoms with Crippen LogP contribution in [0.1, 0.15) is 40.8 Å². The maximum absolute atomic E-state index is 11.8. The van der Waals surface area contributed by atoms with Crippen LogP contribution >= 0.6 is 22.9 Å². The molecular weight excluding hydrogens is 488 g/mol. The topological polar surface area (TPSA) is 85.6 Å². The number of hydrogen-bond donors (Lipinski definition) is 1. The number of pyridine rings is 1. The highest BCUT2D eigenvalue weighted by Crippen LogP contribution is 2.48. The van der Waals surface area contributed by atoms with E-state index in [0.29, 0.717) is 17.9 Å². The van der Waals surface area contributed by atoms with Gasteiger partial charge in [-0.05, 0) is 59.7 Å². The summed E-state index contributed by atoms with van der Waals surface area (Å²) >= 11 is 8.33. The second-order valence-electron chi connectivity index (χ2n) is 9.34. The molecule has 174 valence electrons. The third kappa shape index (κ3) is 3.95. The lowest BCUT2D eigenvalue weighted by Gasteiger charge is -2.10. The van der Waals surface area contributed by atoms with E-state index >= 15 is 0 Å². The van der Waals surface area contributed by atoms with Gasteiger partial charge in [0.2, 0.25) is 10.0 Å². The van der Waals surface area contributed by atoms with Gasteiger partial charge in [-0.1, -0.05) is 41.9 Å². The van der Waals surface area contributed by atoms with Crippen LogP contribution in [0.3, 0.4) is 0 Å². The molecule has 34 heavy (non-hydrogen) atoms. The molecule has 1 aliphatic heterocycles. The third-order valence-corrected chi connectivity index (χ3v) is 9.78. The van der Waals surface area contributed by atoms with Crippen molar-refractivity contribution >= 4 is 43.0 Å². The van der Waals surface area contributed by atoms with E-state index in [2.05, 4.69) is 42.2 Å². The molecule has 2 aromatic heterocycles. The Labute approximate surface area is 207 Å². The highest BCUT2D eigenvalue weighted by atomic mass is 35.5. The van der Waals surface area contributed by atoms with Gasteiger partial charge < -0.3 is 4.74 Å². The molecule has 1 saturated carbocycles. The molecule has 1 saturated heterocycles. The average molecular weight is 511 g/mol. The smallest absolute Gasteiger partial charge is 0.212 e. The largest absolute Gasteiger partial charge is 0.365 e. The molecule has 0 bridgehead atoms. The molecule has 6 rings (SSSR count). The van der Waals surface area contributed by atoms with E-state index in [0.717, 1.165) is 39.9 Å². The molecule has 0 amide bonds. The number of aromatic nitrogens is 1. The minimum Gasteiger partial charge on any atom is -0.365 e. The van der Waals surface area contributed by atoms with Crippen LogP contribution in [0.15, 0.2) is 60.8 Å². The van der Waals surface area contributed by atoms with Crippen molar-refractivity contribution in [3.8, 4) is 11.3 Å². The first-order valence-electron chi connectivity index (χ1n) is 11.1. The van der Waals surface area contributed by atoms with Gasteiger partial charge in [-0.25, -0.2) is 13.6 Å². The molecule has 2 fully saturated rings. The molecule has 8 heteroatoms. The number of benzene rings is 2. The van der Waals surface area contributed by atoms with Crippen molar-refractivity contribution in [1.29, 1.82) is 0 Å². The number of epoxide rings is 1. The second kappa shape index (κ2) is 7.86. The van der Waals surface area contributed by atoms with Crippen LogP contribution in [0.4, 0.5) is 0 Å². The first kappa shape index (κ1) is 22.2. The summed E-state index contributed by atoms with van der Waals surface area (Å²) in [5.41, 5.74) is 4.92. The Kier molecular flexibility index (Phi) is 5.13. The van der Waals surface area contributed by atoms with Crippen LogP contribution in [0, 0.1) is 0 Å². The van der Waals surface area contributed by atoms with Gasteiger partial charge in [0, 0.05) is 38.7 Å². The molecule has 2 N–H and O–H groups in total. The number of sulfonamides is 1. The minimum absolute atomic E-state index is 0.0911. The average Bonchev–Trinajstić information content (AvgIpc) is 3.71. The zero-order chi connectivity index (χ0) is 23.7. The Balaban J connectivity index is 1.37. The first-order chi connectivity index (χ1) is 16.2. The molecule has 3 atom stereocenters. The Morgan fingerprint density at radius 1 is 1.21 bits per heavy atom. The van der Waals surface area contributed by atoms with Gasteiger partial charge in [0.1, 0.15) is 5.60 Å². The van der Waals surface area contributed by atoms with Crippen molar-refractivity contribution in [2.45, 2.75) is 36.5 Å². The predicted octanol–water partition coefficient (Wildman–Crippen LogP) is 5.60. The van der Waals surface area contributed by atoms with E-state index in [1.54, 1.807) is 11.3 Å². The van der Waals surface area contributed by atoms with Crippen molar-refractivity contribution in [1.82, 2.24) is 4.98 Å². The number of halogens is 1. The Morgan fingerprint density at radius 3 is 2.74 bits per heavy atom. The van der Waals surface area contributed by atoms with E-state index in [4.69, 9.17) is 21.5 Å². The molecule has 4 aromatic rings. The highest BCUT2D eigenvalue weighted by Gasteiger charge is 2.47. The van der Waals surface area contributed by atoms with Gasteiger partial charge in [-0.15, -0.1) is 11.3 Å². The minimum atomic E-state index is -3.55.